The number of benzene rings is 1. The Labute approximate surface area is 150 Å². The highest BCUT2D eigenvalue weighted by atomic mass is 16.2. The number of hydrogen-bond donors (Lipinski definition) is 2. The molecule has 0 spiro atoms. The maximum Gasteiger partial charge on any atom is 0.241 e. The summed E-state index contributed by atoms with van der Waals surface area (Å²) in [6, 6.07) is 6.93. The molecule has 0 radical (unpaired) electrons. The fourth-order valence-corrected chi connectivity index (χ4v) is 2.84. The van der Waals surface area contributed by atoms with E-state index < -0.39 is 6.04 Å². The average molecular weight is 346 g/mol. The normalized spacial score (nSPS) is 17.8. The summed E-state index contributed by atoms with van der Waals surface area (Å²) in [7, 11) is 2.07. The van der Waals surface area contributed by atoms with E-state index in [-0.39, 0.29) is 17.7 Å². The van der Waals surface area contributed by atoms with Crippen LogP contribution in [0, 0.1) is 5.92 Å². The van der Waals surface area contributed by atoms with Crippen LogP contribution in [0.4, 0.5) is 5.69 Å². The van der Waals surface area contributed by atoms with E-state index >= 15 is 0 Å². The van der Waals surface area contributed by atoms with Crippen LogP contribution >= 0.6 is 0 Å². The number of carbonyl (C=O) groups is 2. The lowest BCUT2D eigenvalue weighted by Gasteiger charge is -2.32. The van der Waals surface area contributed by atoms with Gasteiger partial charge in [0.05, 0.1) is 12.5 Å². The Kier molecular flexibility index (Phi) is 6.96. The van der Waals surface area contributed by atoms with Gasteiger partial charge >= 0.3 is 0 Å². The van der Waals surface area contributed by atoms with Crippen molar-refractivity contribution in [2.24, 2.45) is 11.7 Å². The van der Waals surface area contributed by atoms with Crippen LogP contribution in [0.15, 0.2) is 24.3 Å². The highest BCUT2D eigenvalue weighted by Gasteiger charge is 2.21. The third-order valence-corrected chi connectivity index (χ3v) is 4.97. The first kappa shape index (κ1) is 19.4. The number of nitrogens with zero attached hydrogens (tertiary/aromatic N) is 2. The molecule has 1 aromatic carbocycles. The van der Waals surface area contributed by atoms with E-state index in [0.29, 0.717) is 12.1 Å². The smallest absolute Gasteiger partial charge is 0.241 e. The van der Waals surface area contributed by atoms with E-state index in [0.717, 1.165) is 38.2 Å². The first-order valence-electron chi connectivity index (χ1n) is 9.02. The minimum absolute atomic E-state index is 0.127. The van der Waals surface area contributed by atoms with E-state index in [4.69, 9.17) is 5.73 Å². The molecule has 25 heavy (non-hydrogen) atoms. The van der Waals surface area contributed by atoms with E-state index in [9.17, 15) is 9.59 Å². The summed E-state index contributed by atoms with van der Waals surface area (Å²) >= 11 is 0. The fraction of sp³-hybridized carbons (Fsp3) is 0.579. The number of nitrogens with two attached hydrogens (primary N) is 1. The Morgan fingerprint density at radius 2 is 1.92 bits per heavy atom. The van der Waals surface area contributed by atoms with Crippen molar-refractivity contribution in [2.45, 2.75) is 32.7 Å². The van der Waals surface area contributed by atoms with Crippen molar-refractivity contribution in [2.75, 3.05) is 38.5 Å². The zero-order valence-electron chi connectivity index (χ0n) is 15.5. The quantitative estimate of drug-likeness (QED) is 0.814. The molecule has 138 valence electrons. The summed E-state index contributed by atoms with van der Waals surface area (Å²) in [5, 5.41) is 2.86. The predicted molar refractivity (Wildman–Crippen MR) is 100 cm³/mol. The lowest BCUT2D eigenvalue weighted by atomic mass is 9.99. The van der Waals surface area contributed by atoms with E-state index in [1.807, 2.05) is 43.0 Å². The van der Waals surface area contributed by atoms with Gasteiger partial charge in [-0.15, -0.1) is 0 Å². The number of carbonyl (C=O) groups excluding carboxylic acids is 2. The molecule has 1 heterocycles. The minimum Gasteiger partial charge on any atom is -0.340 e. The lowest BCUT2D eigenvalue weighted by molar-refractivity contribution is -0.132. The molecule has 0 saturated carbocycles. The Hall–Kier alpha value is -1.92. The van der Waals surface area contributed by atoms with Gasteiger partial charge in [0, 0.05) is 31.9 Å². The molecule has 2 amide bonds. The molecule has 2 atom stereocenters. The molecule has 2 unspecified atom stereocenters. The number of hydrogen-bond acceptors (Lipinski definition) is 4. The molecule has 1 aliphatic rings. The third kappa shape index (κ3) is 5.54. The first-order chi connectivity index (χ1) is 11.9. The Bertz CT molecular complexity index is 597. The van der Waals surface area contributed by atoms with Crippen molar-refractivity contribution in [3.8, 4) is 0 Å². The fourth-order valence-electron chi connectivity index (χ4n) is 2.84. The molecule has 1 aromatic rings. The molecule has 0 aliphatic carbocycles. The van der Waals surface area contributed by atoms with Crippen LogP contribution in [0.3, 0.4) is 0 Å². The summed E-state index contributed by atoms with van der Waals surface area (Å²) in [5.74, 6) is 0.0757. The summed E-state index contributed by atoms with van der Waals surface area (Å²) in [5.41, 5.74) is 7.56. The molecule has 6 nitrogen and oxygen atoms in total. The molecule has 6 heteroatoms. The van der Waals surface area contributed by atoms with Gasteiger partial charge in [-0.05, 0) is 30.7 Å². The van der Waals surface area contributed by atoms with Gasteiger partial charge in [0.1, 0.15) is 0 Å². The number of anilines is 1. The second-order valence-electron chi connectivity index (χ2n) is 6.96. The topological polar surface area (TPSA) is 78.7 Å². The zero-order chi connectivity index (χ0) is 18.4. The Morgan fingerprint density at radius 3 is 2.56 bits per heavy atom. The van der Waals surface area contributed by atoms with Crippen LogP contribution < -0.4 is 11.1 Å². The Morgan fingerprint density at radius 1 is 1.24 bits per heavy atom. The summed E-state index contributed by atoms with van der Waals surface area (Å²) < 4.78 is 0. The van der Waals surface area contributed by atoms with Crippen molar-refractivity contribution >= 4 is 17.5 Å². The lowest BCUT2D eigenvalue weighted by Crippen LogP contribution is -2.47. The summed E-state index contributed by atoms with van der Waals surface area (Å²) in [4.78, 5) is 28.8. The molecule has 3 N–H and O–H groups in total. The van der Waals surface area contributed by atoms with Crippen LogP contribution in [0.1, 0.15) is 25.8 Å². The van der Waals surface area contributed by atoms with Gasteiger partial charge < -0.3 is 20.9 Å². The van der Waals surface area contributed by atoms with Gasteiger partial charge in [-0.2, -0.15) is 0 Å². The van der Waals surface area contributed by atoms with Crippen molar-refractivity contribution < 1.29 is 9.59 Å². The molecule has 1 saturated heterocycles. The number of nitrogens with one attached hydrogen (secondary N) is 1. The van der Waals surface area contributed by atoms with E-state index in [2.05, 4.69) is 17.3 Å². The van der Waals surface area contributed by atoms with Crippen LogP contribution in [-0.4, -0.2) is 60.9 Å². The predicted octanol–water partition coefficient (Wildman–Crippen LogP) is 1.32. The molecular formula is C19H30N4O2. The number of amides is 2. The summed E-state index contributed by atoms with van der Waals surface area (Å²) in [6.45, 7) is 7.35. The highest BCUT2D eigenvalue weighted by molar-refractivity contribution is 5.95. The Balaban J connectivity index is 1.94. The second-order valence-corrected chi connectivity index (χ2v) is 6.96. The SMILES string of the molecule is CCC(C)C(N)C(=O)Nc1cccc(CC(=O)N2CCN(C)CC2)c1. The first-order valence-corrected chi connectivity index (χ1v) is 9.02. The summed E-state index contributed by atoms with van der Waals surface area (Å²) in [6.07, 6.45) is 1.21. The molecule has 0 aromatic heterocycles. The maximum absolute atomic E-state index is 12.4. The average Bonchev–Trinajstić information content (AvgIpc) is 2.61. The maximum atomic E-state index is 12.4. The van der Waals surface area contributed by atoms with Gasteiger partial charge in [0.15, 0.2) is 0 Å². The zero-order valence-corrected chi connectivity index (χ0v) is 15.5. The second kappa shape index (κ2) is 8.97. The molecule has 0 bridgehead atoms. The third-order valence-electron chi connectivity index (χ3n) is 4.97. The molecular weight excluding hydrogens is 316 g/mol. The van der Waals surface area contributed by atoms with Crippen molar-refractivity contribution in [3.63, 3.8) is 0 Å². The van der Waals surface area contributed by atoms with Gasteiger partial charge in [0.25, 0.3) is 0 Å². The minimum atomic E-state index is -0.527. The highest BCUT2D eigenvalue weighted by Crippen LogP contribution is 2.14. The number of likely N-dealkylation sites (N-methyl/N-ethyl adjacent to an activating group) is 1. The standard InChI is InChI=1S/C19H30N4O2/c1-4-14(2)18(20)19(25)21-16-7-5-6-15(12-16)13-17(24)23-10-8-22(3)9-11-23/h5-7,12,14,18H,4,8-11,13,20H2,1-3H3,(H,21,25). The van der Waals surface area contributed by atoms with Crippen LogP contribution in [-0.2, 0) is 16.0 Å². The van der Waals surface area contributed by atoms with Crippen molar-refractivity contribution in [3.05, 3.63) is 29.8 Å². The van der Waals surface area contributed by atoms with Crippen LogP contribution in [0.2, 0.25) is 0 Å². The monoisotopic (exact) mass is 346 g/mol. The van der Waals surface area contributed by atoms with E-state index in [1.165, 1.54) is 0 Å². The van der Waals surface area contributed by atoms with Gasteiger partial charge in [0.2, 0.25) is 11.8 Å². The molecule has 2 rings (SSSR count). The largest absolute Gasteiger partial charge is 0.340 e. The van der Waals surface area contributed by atoms with Crippen molar-refractivity contribution in [1.82, 2.24) is 9.80 Å². The van der Waals surface area contributed by atoms with Gasteiger partial charge in [-0.25, -0.2) is 0 Å². The van der Waals surface area contributed by atoms with Gasteiger partial charge in [-0.1, -0.05) is 32.4 Å². The van der Waals surface area contributed by atoms with Gasteiger partial charge in [-0.3, -0.25) is 9.59 Å². The number of piperazine rings is 1. The van der Waals surface area contributed by atoms with Crippen molar-refractivity contribution in [1.29, 1.82) is 0 Å². The van der Waals surface area contributed by atoms with E-state index in [1.54, 1.807) is 0 Å². The van der Waals surface area contributed by atoms with Crippen LogP contribution in [0.5, 0.6) is 0 Å². The number of rotatable bonds is 6. The molecule has 1 fully saturated rings. The van der Waals surface area contributed by atoms with Crippen LogP contribution in [0.25, 0.3) is 0 Å². The molecule has 1 aliphatic heterocycles.